The van der Waals surface area contributed by atoms with Gasteiger partial charge in [0.25, 0.3) is 0 Å². The summed E-state index contributed by atoms with van der Waals surface area (Å²) in [7, 11) is 0. The number of imidazole rings is 1. The van der Waals surface area contributed by atoms with E-state index < -0.39 is 0 Å². The Labute approximate surface area is 148 Å². The molecule has 0 aliphatic heterocycles. The number of nitriles is 1. The highest BCUT2D eigenvalue weighted by atomic mass is 35.5. The van der Waals surface area contributed by atoms with E-state index in [4.69, 9.17) is 22.6 Å². The predicted octanol–water partition coefficient (Wildman–Crippen LogP) is 3.83. The van der Waals surface area contributed by atoms with E-state index >= 15 is 0 Å². The zero-order chi connectivity index (χ0) is 17.1. The number of aromatic nitrogens is 4. The molecule has 2 aromatic heterocycles. The van der Waals surface area contributed by atoms with E-state index in [9.17, 15) is 0 Å². The number of benzene rings is 1. The van der Waals surface area contributed by atoms with Gasteiger partial charge in [-0.25, -0.2) is 15.0 Å². The number of rotatable bonds is 5. The Morgan fingerprint density at radius 1 is 1.33 bits per heavy atom. The van der Waals surface area contributed by atoms with Crippen molar-refractivity contribution in [2.45, 2.75) is 36.4 Å². The van der Waals surface area contributed by atoms with Crippen molar-refractivity contribution in [1.82, 2.24) is 19.5 Å². The number of hydrogen-bond acceptors (Lipinski definition) is 6. The molecule has 6 nitrogen and oxygen atoms in total. The fraction of sp³-hybridized carbons (Fsp3) is 0.250. The molecule has 0 radical (unpaired) electrons. The Morgan fingerprint density at radius 3 is 2.92 bits per heavy atom. The third-order valence-corrected chi connectivity index (χ3v) is 4.60. The number of nitrogens with zero attached hydrogens (tertiary/aromatic N) is 5. The van der Waals surface area contributed by atoms with Gasteiger partial charge in [-0.3, -0.25) is 0 Å². The topological polar surface area (TPSA) is 93.4 Å². The van der Waals surface area contributed by atoms with Crippen molar-refractivity contribution in [3.8, 4) is 6.07 Å². The lowest BCUT2D eigenvalue weighted by Crippen LogP contribution is -2.01. The number of aryl methyl sites for hydroxylation is 2. The van der Waals surface area contributed by atoms with Gasteiger partial charge in [-0.05, 0) is 37.1 Å². The van der Waals surface area contributed by atoms with Gasteiger partial charge in [0, 0.05) is 22.9 Å². The van der Waals surface area contributed by atoms with Gasteiger partial charge in [0.15, 0.2) is 22.1 Å². The van der Waals surface area contributed by atoms with E-state index in [2.05, 4.69) is 21.0 Å². The Bertz CT molecular complexity index is 910. The number of halogens is 1. The molecule has 0 bridgehead atoms. The fourth-order valence-electron chi connectivity index (χ4n) is 2.40. The second-order valence-corrected chi connectivity index (χ2v) is 6.78. The minimum absolute atomic E-state index is 0.350. The smallest absolute Gasteiger partial charge is 0.175 e. The minimum atomic E-state index is 0.350. The molecule has 0 saturated carbocycles. The number of nitrogen functional groups attached to an aromatic ring is 1. The highest BCUT2D eigenvalue weighted by molar-refractivity contribution is 7.99. The predicted molar refractivity (Wildman–Crippen MR) is 94.9 cm³/mol. The van der Waals surface area contributed by atoms with Gasteiger partial charge in [-0.15, -0.1) is 0 Å². The molecule has 0 aliphatic rings. The van der Waals surface area contributed by atoms with Crippen LogP contribution in [0.25, 0.3) is 11.2 Å². The lowest BCUT2D eigenvalue weighted by Gasteiger charge is -2.08. The lowest BCUT2D eigenvalue weighted by molar-refractivity contribution is 0.614. The molecule has 0 amide bonds. The van der Waals surface area contributed by atoms with Crippen LogP contribution < -0.4 is 5.73 Å². The van der Waals surface area contributed by atoms with Gasteiger partial charge in [0.05, 0.1) is 6.07 Å². The maximum Gasteiger partial charge on any atom is 0.175 e. The molecular weight excluding hydrogens is 344 g/mol. The van der Waals surface area contributed by atoms with E-state index in [0.29, 0.717) is 41.4 Å². The van der Waals surface area contributed by atoms with Gasteiger partial charge in [0.2, 0.25) is 0 Å². The summed E-state index contributed by atoms with van der Waals surface area (Å²) in [6, 6.07) is 8.01. The van der Waals surface area contributed by atoms with Gasteiger partial charge >= 0.3 is 0 Å². The van der Waals surface area contributed by atoms with Crippen LogP contribution in [0.4, 0.5) is 5.82 Å². The first kappa shape index (κ1) is 16.6. The van der Waals surface area contributed by atoms with Crippen molar-refractivity contribution in [2.24, 2.45) is 0 Å². The van der Waals surface area contributed by atoms with Crippen LogP contribution in [0.5, 0.6) is 0 Å². The molecule has 0 atom stereocenters. The largest absolute Gasteiger partial charge is 0.382 e. The number of unbranched alkanes of at least 4 members (excludes halogenated alkanes) is 1. The summed E-state index contributed by atoms with van der Waals surface area (Å²) in [4.78, 5) is 13.9. The summed E-state index contributed by atoms with van der Waals surface area (Å²) < 4.78 is 1.98. The second-order valence-electron chi connectivity index (χ2n) is 5.31. The van der Waals surface area contributed by atoms with Gasteiger partial charge < -0.3 is 10.3 Å². The van der Waals surface area contributed by atoms with Crippen molar-refractivity contribution in [1.29, 1.82) is 5.26 Å². The monoisotopic (exact) mass is 358 g/mol. The zero-order valence-electron chi connectivity index (χ0n) is 13.0. The standard InChI is InChI=1S/C16H15ClN6S/c1-10-6-11(17)8-12(7-10)24-16-22-13-14(19)20-9-21-15(13)23(16)5-3-2-4-18/h6-9H,2-3,5H2,1H3,(H2,19,20,21). The minimum Gasteiger partial charge on any atom is -0.382 e. The van der Waals surface area contributed by atoms with E-state index in [0.717, 1.165) is 15.6 Å². The van der Waals surface area contributed by atoms with Crippen LogP contribution in [-0.2, 0) is 6.54 Å². The molecule has 8 heteroatoms. The molecule has 0 aliphatic carbocycles. The zero-order valence-corrected chi connectivity index (χ0v) is 14.6. The first-order valence-corrected chi connectivity index (χ1v) is 8.56. The highest BCUT2D eigenvalue weighted by Crippen LogP contribution is 2.33. The molecule has 0 saturated heterocycles. The number of hydrogen-bond donors (Lipinski definition) is 1. The van der Waals surface area contributed by atoms with Crippen LogP contribution in [0.1, 0.15) is 18.4 Å². The SMILES string of the molecule is Cc1cc(Cl)cc(Sc2nc3c(N)ncnc3n2CCCC#N)c1. The molecule has 2 N–H and O–H groups in total. The van der Waals surface area contributed by atoms with E-state index in [1.165, 1.54) is 18.1 Å². The highest BCUT2D eigenvalue weighted by Gasteiger charge is 2.16. The fourth-order valence-corrected chi connectivity index (χ4v) is 3.82. The molecular formula is C16H15ClN6S. The summed E-state index contributed by atoms with van der Waals surface area (Å²) in [5.41, 5.74) is 8.27. The number of fused-ring (bicyclic) bond motifs is 1. The molecule has 122 valence electrons. The molecule has 0 unspecified atom stereocenters. The average molecular weight is 359 g/mol. The van der Waals surface area contributed by atoms with Gasteiger partial charge in [0.1, 0.15) is 6.33 Å². The normalized spacial score (nSPS) is 10.9. The third kappa shape index (κ3) is 3.45. The Hall–Kier alpha value is -2.30. The summed E-state index contributed by atoms with van der Waals surface area (Å²) in [6.07, 6.45) is 2.62. The molecule has 3 rings (SSSR count). The van der Waals surface area contributed by atoms with Gasteiger partial charge in [-0.1, -0.05) is 23.4 Å². The van der Waals surface area contributed by atoms with Crippen molar-refractivity contribution in [3.05, 3.63) is 35.1 Å². The summed E-state index contributed by atoms with van der Waals surface area (Å²) in [5, 5.41) is 10.2. The van der Waals surface area contributed by atoms with Crippen molar-refractivity contribution in [2.75, 3.05) is 5.73 Å². The van der Waals surface area contributed by atoms with Crippen LogP contribution in [0.2, 0.25) is 5.02 Å². The summed E-state index contributed by atoms with van der Waals surface area (Å²) in [6.45, 7) is 2.64. The quantitative estimate of drug-likeness (QED) is 0.697. The molecule has 24 heavy (non-hydrogen) atoms. The van der Waals surface area contributed by atoms with Crippen molar-refractivity contribution < 1.29 is 0 Å². The van der Waals surface area contributed by atoms with Crippen LogP contribution in [0.15, 0.2) is 34.6 Å². The van der Waals surface area contributed by atoms with Crippen LogP contribution >= 0.6 is 23.4 Å². The summed E-state index contributed by atoms with van der Waals surface area (Å²) in [5.74, 6) is 0.350. The van der Waals surface area contributed by atoms with E-state index in [1.54, 1.807) is 0 Å². The molecule has 2 heterocycles. The van der Waals surface area contributed by atoms with Gasteiger partial charge in [-0.2, -0.15) is 5.26 Å². The first-order chi connectivity index (χ1) is 11.6. The molecule has 1 aromatic carbocycles. The van der Waals surface area contributed by atoms with Crippen molar-refractivity contribution in [3.63, 3.8) is 0 Å². The maximum absolute atomic E-state index is 8.78. The maximum atomic E-state index is 8.78. The molecule has 0 spiro atoms. The van der Waals surface area contributed by atoms with Crippen LogP contribution in [-0.4, -0.2) is 19.5 Å². The molecule has 3 aromatic rings. The third-order valence-electron chi connectivity index (χ3n) is 3.42. The Kier molecular flexibility index (Phi) is 4.88. The average Bonchev–Trinajstić information content (AvgIpc) is 2.86. The Morgan fingerprint density at radius 2 is 2.17 bits per heavy atom. The van der Waals surface area contributed by atoms with Crippen LogP contribution in [0, 0.1) is 18.3 Å². The van der Waals surface area contributed by atoms with Crippen molar-refractivity contribution >= 4 is 40.3 Å². The molecule has 0 fully saturated rings. The van der Waals surface area contributed by atoms with E-state index in [-0.39, 0.29) is 0 Å². The Balaban J connectivity index is 2.03. The number of nitrogens with two attached hydrogens (primary N) is 1. The lowest BCUT2D eigenvalue weighted by atomic mass is 10.2. The number of anilines is 1. The van der Waals surface area contributed by atoms with E-state index in [1.807, 2.05) is 29.7 Å². The summed E-state index contributed by atoms with van der Waals surface area (Å²) >= 11 is 7.64. The van der Waals surface area contributed by atoms with Crippen LogP contribution in [0.3, 0.4) is 0 Å². The first-order valence-electron chi connectivity index (χ1n) is 7.37. The second kappa shape index (κ2) is 7.07.